The standard InChI is InChI=1S/C33H29FN4O5S/c1-18-9-11-19(12-10-18)32-30(33(39)35-2)22-15-21(27(17-29(22)43-32)38(3)44(5,40)41)25-13-14-28(42-4)31(37-25)26-16-20-23(34)7-6-8-24(20)36-26/h6-17,36H,1-5H3,(H,35,39). The summed E-state index contributed by atoms with van der Waals surface area (Å²) in [5.74, 6) is 0.0375. The van der Waals surface area contributed by atoms with E-state index in [0.29, 0.717) is 72.8 Å². The summed E-state index contributed by atoms with van der Waals surface area (Å²) in [5.41, 5.74) is 4.99. The van der Waals surface area contributed by atoms with Crippen LogP contribution in [0.1, 0.15) is 15.9 Å². The molecule has 0 unspecified atom stereocenters. The number of ether oxygens (including phenoxy) is 1. The number of aryl methyl sites for hydroxylation is 1. The molecule has 0 saturated heterocycles. The fourth-order valence-electron chi connectivity index (χ4n) is 5.23. The molecule has 0 aliphatic heterocycles. The smallest absolute Gasteiger partial charge is 0.255 e. The van der Waals surface area contributed by atoms with Gasteiger partial charge in [-0.3, -0.25) is 9.10 Å². The first-order valence-electron chi connectivity index (χ1n) is 13.7. The molecule has 11 heteroatoms. The number of pyridine rings is 1. The van der Waals surface area contributed by atoms with Crippen molar-refractivity contribution in [2.45, 2.75) is 6.92 Å². The van der Waals surface area contributed by atoms with Crippen molar-refractivity contribution in [3.05, 3.63) is 89.7 Å². The van der Waals surface area contributed by atoms with Gasteiger partial charge in [-0.05, 0) is 43.3 Å². The van der Waals surface area contributed by atoms with Crippen LogP contribution in [0.2, 0.25) is 0 Å². The van der Waals surface area contributed by atoms with E-state index in [0.717, 1.165) is 16.1 Å². The Kier molecular flexibility index (Phi) is 7.13. The molecule has 3 aromatic heterocycles. The number of aromatic amines is 1. The van der Waals surface area contributed by atoms with Crippen molar-refractivity contribution in [1.29, 1.82) is 0 Å². The number of carbonyl (C=O) groups excluding carboxylic acids is 1. The maximum absolute atomic E-state index is 14.5. The van der Waals surface area contributed by atoms with Gasteiger partial charge < -0.3 is 19.5 Å². The highest BCUT2D eigenvalue weighted by atomic mass is 32.2. The molecule has 44 heavy (non-hydrogen) atoms. The van der Waals surface area contributed by atoms with E-state index >= 15 is 0 Å². The Bertz CT molecular complexity index is 2190. The molecular weight excluding hydrogens is 583 g/mol. The number of sulfonamides is 1. The summed E-state index contributed by atoms with van der Waals surface area (Å²) in [7, 11) is 0.758. The highest BCUT2D eigenvalue weighted by Crippen LogP contribution is 2.42. The first kappa shape index (κ1) is 28.9. The third kappa shape index (κ3) is 4.94. The lowest BCUT2D eigenvalue weighted by Gasteiger charge is -2.21. The van der Waals surface area contributed by atoms with E-state index in [2.05, 4.69) is 10.3 Å². The van der Waals surface area contributed by atoms with Crippen molar-refractivity contribution in [3.8, 4) is 39.7 Å². The van der Waals surface area contributed by atoms with Gasteiger partial charge in [0.05, 0.1) is 36.0 Å². The van der Waals surface area contributed by atoms with Gasteiger partial charge in [-0.25, -0.2) is 17.8 Å². The van der Waals surface area contributed by atoms with Gasteiger partial charge in [0.25, 0.3) is 5.91 Å². The van der Waals surface area contributed by atoms with E-state index in [4.69, 9.17) is 14.1 Å². The number of amides is 1. The van der Waals surface area contributed by atoms with Crippen molar-refractivity contribution in [1.82, 2.24) is 15.3 Å². The van der Waals surface area contributed by atoms with Crippen LogP contribution in [0.5, 0.6) is 5.75 Å². The first-order valence-corrected chi connectivity index (χ1v) is 15.5. The average molecular weight is 613 g/mol. The minimum absolute atomic E-state index is 0.291. The maximum atomic E-state index is 14.5. The fraction of sp³-hybridized carbons (Fsp3) is 0.152. The molecule has 1 amide bonds. The van der Waals surface area contributed by atoms with E-state index in [-0.39, 0.29) is 11.7 Å². The van der Waals surface area contributed by atoms with Crippen LogP contribution in [0.4, 0.5) is 10.1 Å². The Labute approximate surface area is 253 Å². The number of anilines is 1. The van der Waals surface area contributed by atoms with Gasteiger partial charge in [-0.2, -0.15) is 0 Å². The van der Waals surface area contributed by atoms with Crippen molar-refractivity contribution in [3.63, 3.8) is 0 Å². The van der Waals surface area contributed by atoms with Gasteiger partial charge in [-0.1, -0.05) is 35.9 Å². The molecule has 6 rings (SSSR count). The number of nitrogens with one attached hydrogen (secondary N) is 2. The minimum atomic E-state index is -3.72. The zero-order chi connectivity index (χ0) is 31.3. The normalized spacial score (nSPS) is 11.7. The molecule has 3 heterocycles. The Hall–Kier alpha value is -5.16. The van der Waals surface area contributed by atoms with E-state index in [1.54, 1.807) is 42.5 Å². The number of hydrogen-bond donors (Lipinski definition) is 2. The molecular formula is C33H29FN4O5S. The summed E-state index contributed by atoms with van der Waals surface area (Å²) >= 11 is 0. The topological polar surface area (TPSA) is 118 Å². The maximum Gasteiger partial charge on any atom is 0.255 e. The second-order valence-corrected chi connectivity index (χ2v) is 12.5. The Morgan fingerprint density at radius 2 is 1.80 bits per heavy atom. The molecule has 0 saturated carbocycles. The zero-order valence-corrected chi connectivity index (χ0v) is 25.5. The first-order chi connectivity index (χ1) is 21.0. The number of furan rings is 1. The quantitative estimate of drug-likeness (QED) is 0.212. The number of H-pyrrole nitrogens is 1. The van der Waals surface area contributed by atoms with Crippen LogP contribution in [-0.2, 0) is 10.0 Å². The summed E-state index contributed by atoms with van der Waals surface area (Å²) < 4.78 is 53.1. The number of methoxy groups -OCH3 is 1. The van der Waals surface area contributed by atoms with Gasteiger partial charge in [0.2, 0.25) is 10.0 Å². The molecule has 6 aromatic rings. The summed E-state index contributed by atoms with van der Waals surface area (Å²) in [6, 6.07) is 20.7. The molecule has 0 fully saturated rings. The van der Waals surface area contributed by atoms with Gasteiger partial charge in [0.15, 0.2) is 0 Å². The monoisotopic (exact) mass is 612 g/mol. The van der Waals surface area contributed by atoms with Crippen LogP contribution in [0.15, 0.2) is 77.2 Å². The van der Waals surface area contributed by atoms with Gasteiger partial charge in [0.1, 0.15) is 28.6 Å². The molecule has 2 N–H and O–H groups in total. The SMILES string of the molecule is CNC(=O)c1c(-c2ccc(C)cc2)oc2cc(N(C)S(C)(=O)=O)c(-c3ccc(OC)c(-c4cc5c(F)cccc5[nH]4)n3)cc12. The summed E-state index contributed by atoms with van der Waals surface area (Å²) in [4.78, 5) is 21.3. The molecule has 0 radical (unpaired) electrons. The highest BCUT2D eigenvalue weighted by Gasteiger charge is 2.27. The van der Waals surface area contributed by atoms with Crippen LogP contribution < -0.4 is 14.4 Å². The lowest BCUT2D eigenvalue weighted by atomic mass is 10.00. The lowest BCUT2D eigenvalue weighted by molar-refractivity contribution is 0.0964. The minimum Gasteiger partial charge on any atom is -0.494 e. The predicted molar refractivity (Wildman–Crippen MR) is 170 cm³/mol. The van der Waals surface area contributed by atoms with Crippen molar-refractivity contribution < 1.29 is 26.8 Å². The van der Waals surface area contributed by atoms with Gasteiger partial charge in [0, 0.05) is 47.6 Å². The number of benzene rings is 3. The molecule has 0 atom stereocenters. The number of carbonyl (C=O) groups is 1. The second kappa shape index (κ2) is 10.8. The zero-order valence-electron chi connectivity index (χ0n) is 24.7. The van der Waals surface area contributed by atoms with Crippen LogP contribution in [-0.4, -0.2) is 51.8 Å². The predicted octanol–water partition coefficient (Wildman–Crippen LogP) is 6.52. The van der Waals surface area contributed by atoms with Gasteiger partial charge >= 0.3 is 0 Å². The number of aromatic nitrogens is 2. The summed E-state index contributed by atoms with van der Waals surface area (Å²) in [6.45, 7) is 1.96. The number of nitrogens with zero attached hydrogens (tertiary/aromatic N) is 2. The van der Waals surface area contributed by atoms with Crippen molar-refractivity contribution in [2.24, 2.45) is 0 Å². The third-order valence-electron chi connectivity index (χ3n) is 7.63. The lowest BCUT2D eigenvalue weighted by Crippen LogP contribution is -2.25. The van der Waals surface area contributed by atoms with E-state index in [9.17, 15) is 17.6 Å². The molecule has 224 valence electrons. The molecule has 9 nitrogen and oxygen atoms in total. The van der Waals surface area contributed by atoms with E-state index < -0.39 is 10.0 Å². The fourth-order valence-corrected chi connectivity index (χ4v) is 5.74. The number of fused-ring (bicyclic) bond motifs is 2. The second-order valence-electron chi connectivity index (χ2n) is 10.5. The molecule has 0 aliphatic carbocycles. The number of halogens is 1. The van der Waals surface area contributed by atoms with Crippen LogP contribution in [0.25, 0.3) is 55.8 Å². The number of hydrogen-bond acceptors (Lipinski definition) is 6. The average Bonchev–Trinajstić information content (AvgIpc) is 3.62. The Morgan fingerprint density at radius 1 is 1.05 bits per heavy atom. The van der Waals surface area contributed by atoms with E-state index in [1.165, 1.54) is 27.3 Å². The van der Waals surface area contributed by atoms with Crippen LogP contribution >= 0.6 is 0 Å². The Morgan fingerprint density at radius 3 is 2.45 bits per heavy atom. The Balaban J connectivity index is 1.64. The molecule has 0 aliphatic rings. The van der Waals surface area contributed by atoms with Crippen LogP contribution in [0, 0.1) is 12.7 Å². The third-order valence-corrected chi connectivity index (χ3v) is 8.82. The molecule has 0 bridgehead atoms. The molecule has 3 aromatic carbocycles. The van der Waals surface area contributed by atoms with E-state index in [1.807, 2.05) is 31.2 Å². The summed E-state index contributed by atoms with van der Waals surface area (Å²) in [5, 5.41) is 3.57. The van der Waals surface area contributed by atoms with Gasteiger partial charge in [-0.15, -0.1) is 0 Å². The van der Waals surface area contributed by atoms with Crippen molar-refractivity contribution in [2.75, 3.05) is 31.8 Å². The number of rotatable bonds is 7. The van der Waals surface area contributed by atoms with Crippen molar-refractivity contribution >= 4 is 43.5 Å². The largest absolute Gasteiger partial charge is 0.494 e. The summed E-state index contributed by atoms with van der Waals surface area (Å²) in [6.07, 6.45) is 1.10. The molecule has 0 spiro atoms. The van der Waals surface area contributed by atoms with Crippen LogP contribution in [0.3, 0.4) is 0 Å². The highest BCUT2D eigenvalue weighted by molar-refractivity contribution is 7.92.